The number of amides is 1. The summed E-state index contributed by atoms with van der Waals surface area (Å²) in [4.78, 5) is 39.7. The van der Waals surface area contributed by atoms with E-state index < -0.39 is 17.2 Å². The van der Waals surface area contributed by atoms with E-state index in [0.717, 1.165) is 5.56 Å². The molecule has 2 aromatic carbocycles. The molecule has 166 valence electrons. The molecule has 0 unspecified atom stereocenters. The van der Waals surface area contributed by atoms with E-state index in [4.69, 9.17) is 9.47 Å². The van der Waals surface area contributed by atoms with Crippen molar-refractivity contribution >= 4 is 12.1 Å². The molecule has 0 aliphatic carbocycles. The van der Waals surface area contributed by atoms with Crippen molar-refractivity contribution in [2.75, 3.05) is 7.11 Å². The fraction of sp³-hybridized carbons (Fsp3) is 0.217. The van der Waals surface area contributed by atoms with Crippen molar-refractivity contribution < 1.29 is 14.3 Å². The van der Waals surface area contributed by atoms with Crippen LogP contribution in [-0.4, -0.2) is 29.2 Å². The number of aromatic nitrogens is 2. The van der Waals surface area contributed by atoms with E-state index >= 15 is 0 Å². The molecular weight excluding hydrogens is 412 g/mol. The van der Waals surface area contributed by atoms with Crippen molar-refractivity contribution in [3.05, 3.63) is 91.3 Å². The van der Waals surface area contributed by atoms with Gasteiger partial charge in [0.2, 0.25) is 5.91 Å². The van der Waals surface area contributed by atoms with Crippen LogP contribution >= 0.6 is 0 Å². The molecule has 0 saturated heterocycles. The first-order valence-electron chi connectivity index (χ1n) is 9.86. The maximum Gasteiger partial charge on any atom is 0.325 e. The molecule has 3 N–H and O–H groups in total. The average molecular weight is 436 g/mol. The van der Waals surface area contributed by atoms with E-state index in [1.807, 2.05) is 31.2 Å². The minimum Gasteiger partial charge on any atom is -0.493 e. The first-order valence-corrected chi connectivity index (χ1v) is 9.86. The molecule has 32 heavy (non-hydrogen) atoms. The zero-order valence-electron chi connectivity index (χ0n) is 18.0. The third-order valence-corrected chi connectivity index (χ3v) is 4.70. The SMILES string of the molecule is COc1cc(/C=N\NC(=O)Cc2c(C)[nH]c(=O)[nH]c2=O)ccc1OCc1ccc(C)cc1. The van der Waals surface area contributed by atoms with E-state index in [9.17, 15) is 14.4 Å². The van der Waals surface area contributed by atoms with E-state index in [1.54, 1.807) is 32.2 Å². The van der Waals surface area contributed by atoms with Crippen molar-refractivity contribution in [2.24, 2.45) is 5.10 Å². The summed E-state index contributed by atoms with van der Waals surface area (Å²) in [6.45, 7) is 3.99. The number of H-pyrrole nitrogens is 2. The first-order chi connectivity index (χ1) is 15.4. The Morgan fingerprint density at radius 2 is 1.81 bits per heavy atom. The lowest BCUT2D eigenvalue weighted by atomic mass is 10.1. The second-order valence-corrected chi connectivity index (χ2v) is 7.17. The van der Waals surface area contributed by atoms with Crippen LogP contribution in [0, 0.1) is 13.8 Å². The Morgan fingerprint density at radius 3 is 2.50 bits per heavy atom. The molecule has 3 rings (SSSR count). The number of hydrazone groups is 1. The maximum atomic E-state index is 12.1. The Bertz CT molecular complexity index is 1240. The summed E-state index contributed by atoms with van der Waals surface area (Å²) in [5.41, 5.74) is 4.57. The lowest BCUT2D eigenvalue weighted by Gasteiger charge is -2.11. The van der Waals surface area contributed by atoms with E-state index in [2.05, 4.69) is 20.5 Å². The maximum absolute atomic E-state index is 12.1. The van der Waals surface area contributed by atoms with Crippen molar-refractivity contribution in [1.82, 2.24) is 15.4 Å². The molecule has 1 amide bonds. The van der Waals surface area contributed by atoms with Gasteiger partial charge in [0.1, 0.15) is 6.61 Å². The van der Waals surface area contributed by atoms with Crippen LogP contribution in [0.25, 0.3) is 0 Å². The van der Waals surface area contributed by atoms with E-state index in [1.165, 1.54) is 11.8 Å². The molecule has 3 aromatic rings. The highest BCUT2D eigenvalue weighted by atomic mass is 16.5. The predicted octanol–water partition coefficient (Wildman–Crippen LogP) is 1.96. The second-order valence-electron chi connectivity index (χ2n) is 7.17. The molecule has 0 radical (unpaired) electrons. The van der Waals surface area contributed by atoms with Gasteiger partial charge < -0.3 is 14.5 Å². The number of carbonyl (C=O) groups is 1. The molecule has 0 atom stereocenters. The van der Waals surface area contributed by atoms with Gasteiger partial charge in [-0.1, -0.05) is 29.8 Å². The van der Waals surface area contributed by atoms with Crippen LogP contribution in [0.3, 0.4) is 0 Å². The zero-order valence-corrected chi connectivity index (χ0v) is 18.0. The number of nitrogens with zero attached hydrogens (tertiary/aromatic N) is 1. The summed E-state index contributed by atoms with van der Waals surface area (Å²) < 4.78 is 11.2. The number of rotatable bonds is 8. The van der Waals surface area contributed by atoms with Gasteiger partial charge in [0.05, 0.1) is 19.7 Å². The van der Waals surface area contributed by atoms with Gasteiger partial charge in [-0.15, -0.1) is 0 Å². The minimum atomic E-state index is -0.616. The summed E-state index contributed by atoms with van der Waals surface area (Å²) in [7, 11) is 1.54. The van der Waals surface area contributed by atoms with Gasteiger partial charge in [-0.3, -0.25) is 14.6 Å². The van der Waals surface area contributed by atoms with Crippen LogP contribution in [0.5, 0.6) is 11.5 Å². The molecule has 0 bridgehead atoms. The van der Waals surface area contributed by atoms with Gasteiger partial charge >= 0.3 is 5.69 Å². The van der Waals surface area contributed by atoms with E-state index in [0.29, 0.717) is 29.4 Å². The fourth-order valence-electron chi connectivity index (χ4n) is 2.95. The molecule has 0 fully saturated rings. The number of carbonyl (C=O) groups excluding carboxylic acids is 1. The molecule has 0 spiro atoms. The third kappa shape index (κ3) is 5.94. The van der Waals surface area contributed by atoms with Crippen LogP contribution in [-0.2, 0) is 17.8 Å². The fourth-order valence-corrected chi connectivity index (χ4v) is 2.95. The van der Waals surface area contributed by atoms with Gasteiger partial charge in [0.15, 0.2) is 11.5 Å². The van der Waals surface area contributed by atoms with Crippen LogP contribution in [0.2, 0.25) is 0 Å². The Hall–Kier alpha value is -4.14. The number of benzene rings is 2. The summed E-state index contributed by atoms with van der Waals surface area (Å²) in [6, 6.07) is 13.3. The van der Waals surface area contributed by atoms with Gasteiger partial charge in [0, 0.05) is 11.3 Å². The summed E-state index contributed by atoms with van der Waals surface area (Å²) >= 11 is 0. The highest BCUT2D eigenvalue weighted by Gasteiger charge is 2.11. The molecule has 0 aliphatic heterocycles. The first kappa shape index (κ1) is 22.5. The van der Waals surface area contributed by atoms with Crippen molar-refractivity contribution in [2.45, 2.75) is 26.9 Å². The van der Waals surface area contributed by atoms with Gasteiger partial charge in [-0.2, -0.15) is 5.10 Å². The van der Waals surface area contributed by atoms with Gasteiger partial charge in [0.25, 0.3) is 5.56 Å². The Balaban J connectivity index is 1.60. The predicted molar refractivity (Wildman–Crippen MR) is 120 cm³/mol. The molecule has 0 aliphatic rings. The summed E-state index contributed by atoms with van der Waals surface area (Å²) in [5, 5.41) is 3.92. The minimum absolute atomic E-state index is 0.175. The Labute approximate surface area is 184 Å². The monoisotopic (exact) mass is 436 g/mol. The smallest absolute Gasteiger partial charge is 0.325 e. The Kier molecular flexibility index (Phi) is 7.22. The normalized spacial score (nSPS) is 10.8. The number of hydrogen-bond acceptors (Lipinski definition) is 6. The van der Waals surface area contributed by atoms with Crippen molar-refractivity contribution in [3.8, 4) is 11.5 Å². The average Bonchev–Trinajstić information content (AvgIpc) is 2.76. The molecule has 1 heterocycles. The van der Waals surface area contributed by atoms with Crippen molar-refractivity contribution in [3.63, 3.8) is 0 Å². The van der Waals surface area contributed by atoms with Crippen LogP contribution in [0.15, 0.2) is 57.2 Å². The molecule has 1 aromatic heterocycles. The van der Waals surface area contributed by atoms with Crippen LogP contribution in [0.4, 0.5) is 0 Å². The zero-order chi connectivity index (χ0) is 23.1. The second kappa shape index (κ2) is 10.3. The largest absolute Gasteiger partial charge is 0.493 e. The van der Waals surface area contributed by atoms with Gasteiger partial charge in [-0.25, -0.2) is 10.2 Å². The lowest BCUT2D eigenvalue weighted by molar-refractivity contribution is -0.120. The lowest BCUT2D eigenvalue weighted by Crippen LogP contribution is -2.30. The highest BCUT2D eigenvalue weighted by Crippen LogP contribution is 2.28. The number of ether oxygens (including phenoxy) is 2. The van der Waals surface area contributed by atoms with Gasteiger partial charge in [-0.05, 0) is 43.2 Å². The van der Waals surface area contributed by atoms with Crippen molar-refractivity contribution in [1.29, 1.82) is 0 Å². The number of nitrogens with one attached hydrogen (secondary N) is 3. The molecular formula is C23H24N4O5. The number of aromatic amines is 2. The number of methoxy groups -OCH3 is 1. The number of hydrogen-bond donors (Lipinski definition) is 3. The number of aryl methyl sites for hydroxylation is 2. The van der Waals surface area contributed by atoms with E-state index in [-0.39, 0.29) is 12.0 Å². The highest BCUT2D eigenvalue weighted by molar-refractivity contribution is 5.84. The summed E-state index contributed by atoms with van der Waals surface area (Å²) in [5.74, 6) is 0.622. The third-order valence-electron chi connectivity index (χ3n) is 4.70. The summed E-state index contributed by atoms with van der Waals surface area (Å²) in [6.07, 6.45) is 1.23. The quantitative estimate of drug-likeness (QED) is 0.368. The standard InChI is InChI=1S/C23H24N4O5/c1-14-4-6-16(7-5-14)13-32-19-9-8-17(10-20(19)31-3)12-24-27-21(28)11-18-15(2)25-23(30)26-22(18)29/h4-10,12H,11,13H2,1-3H3,(H,27,28)(H2,25,26,29,30)/b24-12-. The molecule has 9 nitrogen and oxygen atoms in total. The Morgan fingerprint density at radius 1 is 1.06 bits per heavy atom. The molecule has 9 heteroatoms. The molecule has 0 saturated carbocycles. The topological polar surface area (TPSA) is 126 Å². The van der Waals surface area contributed by atoms with Crippen LogP contribution < -0.4 is 26.1 Å². The van der Waals surface area contributed by atoms with Crippen LogP contribution in [0.1, 0.15) is 27.9 Å².